The van der Waals surface area contributed by atoms with E-state index in [4.69, 9.17) is 12.6 Å². The van der Waals surface area contributed by atoms with Gasteiger partial charge in [0.2, 0.25) is 0 Å². The highest BCUT2D eigenvalue weighted by Gasteiger charge is 2.49. The zero-order chi connectivity index (χ0) is 13.8. The number of rotatable bonds is 1. The molecule has 0 aromatic heterocycles. The minimum atomic E-state index is -0.365. The Morgan fingerprint density at radius 1 is 1.33 bits per heavy atom. The lowest BCUT2D eigenvalue weighted by atomic mass is 10.0. The Kier molecular flexibility index (Phi) is 5.12. The predicted octanol–water partition coefficient (Wildman–Crippen LogP) is 3.39. The van der Waals surface area contributed by atoms with Gasteiger partial charge in [-0.05, 0) is 45.4 Å². The van der Waals surface area contributed by atoms with Crippen molar-refractivity contribution in [2.24, 2.45) is 5.41 Å². The van der Waals surface area contributed by atoms with E-state index in [0.717, 1.165) is 25.8 Å². The lowest BCUT2D eigenvalue weighted by Gasteiger charge is -2.24. The fourth-order valence-electron chi connectivity index (χ4n) is 2.00. The smallest absolute Gasteiger partial charge is 0.410 e. The van der Waals surface area contributed by atoms with E-state index in [1.165, 1.54) is 19.3 Å². The van der Waals surface area contributed by atoms with Crippen LogP contribution in [0.2, 0.25) is 6.32 Å². The van der Waals surface area contributed by atoms with Crippen LogP contribution in [0.25, 0.3) is 0 Å². The second-order valence-electron chi connectivity index (χ2n) is 6.44. The molecule has 1 saturated carbocycles. The van der Waals surface area contributed by atoms with Crippen LogP contribution in [0, 0.1) is 5.41 Å². The van der Waals surface area contributed by atoms with Gasteiger partial charge in [-0.25, -0.2) is 4.79 Å². The Bertz CT molecular complexity index is 280. The average Bonchev–Trinajstić information content (AvgIpc) is 2.86. The molecule has 1 aliphatic heterocycles. The molecule has 0 aromatic carbocycles. The van der Waals surface area contributed by atoms with E-state index in [-0.39, 0.29) is 11.7 Å². The third kappa shape index (κ3) is 4.91. The highest BCUT2D eigenvalue weighted by atomic mass is 16.6. The molecule has 3 nitrogen and oxygen atoms in total. The van der Waals surface area contributed by atoms with Crippen LogP contribution in [0.1, 0.15) is 53.4 Å². The molecule has 1 heterocycles. The second kappa shape index (κ2) is 5.98. The van der Waals surface area contributed by atoms with Crippen molar-refractivity contribution in [3.8, 4) is 0 Å². The molecule has 102 valence electrons. The van der Waals surface area contributed by atoms with Gasteiger partial charge in [0.25, 0.3) is 0 Å². The fourth-order valence-corrected chi connectivity index (χ4v) is 2.00. The van der Waals surface area contributed by atoms with E-state index in [2.05, 4.69) is 6.92 Å². The maximum atomic E-state index is 11.7. The summed E-state index contributed by atoms with van der Waals surface area (Å²) in [5.41, 5.74) is 0.132. The Morgan fingerprint density at radius 3 is 2.22 bits per heavy atom. The first-order valence-electron chi connectivity index (χ1n) is 7.00. The Hall–Kier alpha value is -0.665. The number of amides is 1. The first kappa shape index (κ1) is 15.4. The Labute approximate surface area is 113 Å². The minimum Gasteiger partial charge on any atom is -0.444 e. The van der Waals surface area contributed by atoms with E-state index >= 15 is 0 Å². The van der Waals surface area contributed by atoms with Crippen LogP contribution < -0.4 is 0 Å². The first-order chi connectivity index (χ1) is 8.32. The van der Waals surface area contributed by atoms with Gasteiger partial charge < -0.3 is 9.64 Å². The van der Waals surface area contributed by atoms with Crippen molar-refractivity contribution in [1.82, 2.24) is 4.90 Å². The Balaban J connectivity index is 0.000000357. The zero-order valence-electron chi connectivity index (χ0n) is 12.3. The number of ether oxygens (including phenoxy) is 1. The maximum absolute atomic E-state index is 11.7. The van der Waals surface area contributed by atoms with Gasteiger partial charge in [0.05, 0.1) is 7.85 Å². The van der Waals surface area contributed by atoms with Gasteiger partial charge in [-0.2, -0.15) is 0 Å². The van der Waals surface area contributed by atoms with Gasteiger partial charge >= 0.3 is 6.09 Å². The quantitative estimate of drug-likeness (QED) is 0.668. The Morgan fingerprint density at radius 2 is 1.89 bits per heavy atom. The van der Waals surface area contributed by atoms with Crippen LogP contribution in [0.5, 0.6) is 0 Å². The third-order valence-corrected chi connectivity index (χ3v) is 3.34. The lowest BCUT2D eigenvalue weighted by molar-refractivity contribution is 0.0286. The summed E-state index contributed by atoms with van der Waals surface area (Å²) in [6.07, 6.45) is 5.55. The summed E-state index contributed by atoms with van der Waals surface area (Å²) in [5, 5.41) is 0. The number of nitrogens with zero attached hydrogens (tertiary/aromatic N) is 1. The molecule has 0 bridgehead atoms. The van der Waals surface area contributed by atoms with Crippen molar-refractivity contribution >= 4 is 13.9 Å². The summed E-state index contributed by atoms with van der Waals surface area (Å²) in [6, 6.07) is 0. The van der Waals surface area contributed by atoms with Gasteiger partial charge in [-0.1, -0.05) is 19.7 Å². The summed E-state index contributed by atoms with van der Waals surface area (Å²) >= 11 is 0. The molecule has 1 saturated heterocycles. The minimum absolute atomic E-state index is 0.138. The molecule has 0 N–H and O–H groups in total. The number of carbonyl (C=O) groups is 1. The van der Waals surface area contributed by atoms with Gasteiger partial charge in [0.15, 0.2) is 0 Å². The van der Waals surface area contributed by atoms with Crippen molar-refractivity contribution < 1.29 is 9.53 Å². The summed E-state index contributed by atoms with van der Waals surface area (Å²) in [7, 11) is 5.03. The molecule has 1 amide bonds. The van der Waals surface area contributed by atoms with Crippen LogP contribution in [-0.4, -0.2) is 37.5 Å². The topological polar surface area (TPSA) is 29.5 Å². The largest absolute Gasteiger partial charge is 0.444 e. The molecule has 0 unspecified atom stereocenters. The monoisotopic (exact) mass is 251 g/mol. The molecular formula is C14H26BNO2. The lowest BCUT2D eigenvalue weighted by Crippen LogP contribution is -2.35. The second-order valence-corrected chi connectivity index (χ2v) is 6.44. The first-order valence-corrected chi connectivity index (χ1v) is 7.00. The molecule has 2 aliphatic rings. The number of hydrogen-bond acceptors (Lipinski definition) is 2. The highest BCUT2D eigenvalue weighted by molar-refractivity contribution is 6.08. The normalized spacial score (nSPS) is 20.3. The van der Waals surface area contributed by atoms with Crippen molar-refractivity contribution in [2.45, 2.75) is 65.3 Å². The molecule has 1 aliphatic carbocycles. The van der Waals surface area contributed by atoms with Crippen LogP contribution in [-0.2, 0) is 4.74 Å². The van der Waals surface area contributed by atoms with E-state index in [0.29, 0.717) is 5.41 Å². The van der Waals surface area contributed by atoms with Crippen molar-refractivity contribution in [2.75, 3.05) is 13.1 Å². The molecule has 0 aromatic rings. The van der Waals surface area contributed by atoms with Crippen molar-refractivity contribution in [3.05, 3.63) is 0 Å². The summed E-state index contributed by atoms with van der Waals surface area (Å²) < 4.78 is 5.33. The van der Waals surface area contributed by atoms with Gasteiger partial charge in [-0.15, -0.1) is 0 Å². The molecule has 1 spiro atoms. The summed E-state index contributed by atoms with van der Waals surface area (Å²) in [6.45, 7) is 9.59. The SMILES string of the molecule is CC(C)(C)OC(=O)N1CCC2(CC2)C1.[B]CCC. The third-order valence-electron chi connectivity index (χ3n) is 3.34. The van der Waals surface area contributed by atoms with E-state index in [9.17, 15) is 4.79 Å². The fraction of sp³-hybridized carbons (Fsp3) is 0.929. The molecule has 2 radical (unpaired) electrons. The maximum Gasteiger partial charge on any atom is 0.410 e. The van der Waals surface area contributed by atoms with Crippen molar-refractivity contribution in [1.29, 1.82) is 0 Å². The molecule has 0 atom stereocenters. The molecule has 4 heteroatoms. The standard InChI is InChI=1S/C11H19NO2.C3H7B/c1-10(2,3)14-9(13)12-7-6-11(8-12)4-5-11;1-2-3-4/h4-8H2,1-3H3;2-3H2,1H3. The zero-order valence-corrected chi connectivity index (χ0v) is 12.3. The van der Waals surface area contributed by atoms with Crippen molar-refractivity contribution in [3.63, 3.8) is 0 Å². The van der Waals surface area contributed by atoms with E-state index in [1.54, 1.807) is 0 Å². The average molecular weight is 251 g/mol. The number of likely N-dealkylation sites (tertiary alicyclic amines) is 1. The van der Waals surface area contributed by atoms with Gasteiger partial charge in [0, 0.05) is 13.1 Å². The summed E-state index contributed by atoms with van der Waals surface area (Å²) in [5.74, 6) is 0. The summed E-state index contributed by atoms with van der Waals surface area (Å²) in [4.78, 5) is 13.5. The molecule has 2 rings (SSSR count). The van der Waals surface area contributed by atoms with Crippen LogP contribution >= 0.6 is 0 Å². The predicted molar refractivity (Wildman–Crippen MR) is 74.9 cm³/mol. The van der Waals surface area contributed by atoms with Crippen LogP contribution in [0.15, 0.2) is 0 Å². The highest BCUT2D eigenvalue weighted by Crippen LogP contribution is 2.52. The van der Waals surface area contributed by atoms with E-state index in [1.807, 2.05) is 25.7 Å². The molecule has 2 fully saturated rings. The van der Waals surface area contributed by atoms with Gasteiger partial charge in [-0.3, -0.25) is 0 Å². The molecular weight excluding hydrogens is 225 g/mol. The van der Waals surface area contributed by atoms with Gasteiger partial charge in [0.1, 0.15) is 5.60 Å². The molecule has 18 heavy (non-hydrogen) atoms. The van der Waals surface area contributed by atoms with E-state index < -0.39 is 0 Å². The number of carbonyl (C=O) groups excluding carboxylic acids is 1. The van der Waals surface area contributed by atoms with Crippen LogP contribution in [0.3, 0.4) is 0 Å². The van der Waals surface area contributed by atoms with Crippen LogP contribution in [0.4, 0.5) is 4.79 Å². The number of hydrogen-bond donors (Lipinski definition) is 0.